The summed E-state index contributed by atoms with van der Waals surface area (Å²) >= 11 is 3.35. The number of carbonyl (C=O) groups excluding carboxylic acids is 2. The normalized spacial score (nSPS) is 14.3. The van der Waals surface area contributed by atoms with E-state index in [1.807, 2.05) is 0 Å². The number of aldehydes is 1. The molecular formula is C15H16BrNO4. The van der Waals surface area contributed by atoms with E-state index in [9.17, 15) is 9.59 Å². The zero-order chi connectivity index (χ0) is 15.2. The quantitative estimate of drug-likeness (QED) is 0.500. The van der Waals surface area contributed by atoms with Gasteiger partial charge in [-0.2, -0.15) is 0 Å². The van der Waals surface area contributed by atoms with Crippen LogP contribution < -0.4 is 10.1 Å². The average molecular weight is 354 g/mol. The average Bonchev–Trinajstić information content (AvgIpc) is 2.53. The number of hydrogen-bond acceptors (Lipinski definition) is 5. The summed E-state index contributed by atoms with van der Waals surface area (Å²) in [6.45, 7) is 2.13. The second-order valence-electron chi connectivity index (χ2n) is 4.55. The predicted octanol–water partition coefficient (Wildman–Crippen LogP) is 2.35. The maximum Gasteiger partial charge on any atom is 0.338 e. The van der Waals surface area contributed by atoms with Crippen LogP contribution in [0.15, 0.2) is 28.3 Å². The molecule has 0 spiro atoms. The second kappa shape index (κ2) is 7.38. The van der Waals surface area contributed by atoms with Crippen LogP contribution in [0.4, 0.5) is 0 Å². The van der Waals surface area contributed by atoms with E-state index in [2.05, 4.69) is 32.1 Å². The van der Waals surface area contributed by atoms with Gasteiger partial charge in [-0.15, -0.1) is 0 Å². The summed E-state index contributed by atoms with van der Waals surface area (Å²) in [5, 5.41) is 3.22. The zero-order valence-corrected chi connectivity index (χ0v) is 13.2. The predicted molar refractivity (Wildman–Crippen MR) is 81.9 cm³/mol. The van der Waals surface area contributed by atoms with Crippen LogP contribution in [0, 0.1) is 0 Å². The summed E-state index contributed by atoms with van der Waals surface area (Å²) in [5.74, 6) is -0.192. The molecule has 0 aliphatic carbocycles. The molecule has 0 radical (unpaired) electrons. The lowest BCUT2D eigenvalue weighted by Crippen LogP contribution is -2.22. The first kappa shape index (κ1) is 15.7. The monoisotopic (exact) mass is 353 g/mol. The SMILES string of the molecule is COC(=O)c1ccc(Br)c(OCC2=CCNCC2)c1C=O. The zero-order valence-electron chi connectivity index (χ0n) is 11.6. The van der Waals surface area contributed by atoms with E-state index in [4.69, 9.17) is 4.74 Å². The van der Waals surface area contributed by atoms with E-state index in [0.29, 0.717) is 23.1 Å². The van der Waals surface area contributed by atoms with Gasteiger partial charge in [-0.3, -0.25) is 4.79 Å². The van der Waals surface area contributed by atoms with Gasteiger partial charge in [0.15, 0.2) is 6.29 Å². The van der Waals surface area contributed by atoms with E-state index in [1.54, 1.807) is 6.07 Å². The number of halogens is 1. The highest BCUT2D eigenvalue weighted by atomic mass is 79.9. The van der Waals surface area contributed by atoms with Gasteiger partial charge in [0.2, 0.25) is 0 Å². The van der Waals surface area contributed by atoms with Crippen molar-refractivity contribution in [2.24, 2.45) is 0 Å². The molecule has 1 aliphatic rings. The number of esters is 1. The molecule has 1 aromatic carbocycles. The molecule has 0 bridgehead atoms. The van der Waals surface area contributed by atoms with Crippen LogP contribution in [-0.4, -0.2) is 39.1 Å². The van der Waals surface area contributed by atoms with Crippen molar-refractivity contribution in [2.45, 2.75) is 6.42 Å². The Kier molecular flexibility index (Phi) is 5.52. The highest BCUT2D eigenvalue weighted by molar-refractivity contribution is 9.10. The third kappa shape index (κ3) is 3.71. The standard InChI is InChI=1S/C15H16BrNO4/c1-20-15(19)11-2-3-13(16)14(12(11)8-18)21-9-10-4-6-17-7-5-10/h2-4,8,17H,5-7,9H2,1H3. The fourth-order valence-electron chi connectivity index (χ4n) is 2.09. The number of benzene rings is 1. The first-order valence-electron chi connectivity index (χ1n) is 6.54. The van der Waals surface area contributed by atoms with Crippen LogP contribution in [0.5, 0.6) is 5.75 Å². The van der Waals surface area contributed by atoms with Gasteiger partial charge >= 0.3 is 5.97 Å². The van der Waals surface area contributed by atoms with Crippen molar-refractivity contribution < 1.29 is 19.1 Å². The first-order chi connectivity index (χ1) is 10.2. The summed E-state index contributed by atoms with van der Waals surface area (Å²) < 4.78 is 11.1. The van der Waals surface area contributed by atoms with Gasteiger partial charge < -0.3 is 14.8 Å². The third-order valence-electron chi connectivity index (χ3n) is 3.23. The molecule has 1 aromatic rings. The molecule has 0 unspecified atom stereocenters. The molecule has 0 saturated heterocycles. The molecule has 21 heavy (non-hydrogen) atoms. The molecule has 5 nitrogen and oxygen atoms in total. The Labute approximate surface area is 131 Å². The van der Waals surface area contributed by atoms with E-state index in [1.165, 1.54) is 18.7 Å². The molecule has 1 N–H and O–H groups in total. The second-order valence-corrected chi connectivity index (χ2v) is 5.41. The van der Waals surface area contributed by atoms with Crippen LogP contribution in [0.2, 0.25) is 0 Å². The molecule has 2 rings (SSSR count). The van der Waals surface area contributed by atoms with E-state index in [-0.39, 0.29) is 11.1 Å². The molecule has 0 atom stereocenters. The Morgan fingerprint density at radius 1 is 1.48 bits per heavy atom. The van der Waals surface area contributed by atoms with Gasteiger partial charge in [-0.1, -0.05) is 6.08 Å². The van der Waals surface area contributed by atoms with Crippen molar-refractivity contribution in [3.63, 3.8) is 0 Å². The molecule has 1 aliphatic heterocycles. The summed E-state index contributed by atoms with van der Waals surface area (Å²) in [6, 6.07) is 3.21. The lowest BCUT2D eigenvalue weighted by Gasteiger charge is -2.17. The number of ether oxygens (including phenoxy) is 2. The summed E-state index contributed by atoms with van der Waals surface area (Å²) in [7, 11) is 1.28. The summed E-state index contributed by atoms with van der Waals surface area (Å²) in [5.41, 5.74) is 1.57. The maximum absolute atomic E-state index is 11.7. The van der Waals surface area contributed by atoms with Crippen molar-refractivity contribution in [1.82, 2.24) is 5.32 Å². The summed E-state index contributed by atoms with van der Waals surface area (Å²) in [4.78, 5) is 23.0. The van der Waals surface area contributed by atoms with Crippen LogP contribution in [0.25, 0.3) is 0 Å². The third-order valence-corrected chi connectivity index (χ3v) is 3.86. The highest BCUT2D eigenvalue weighted by Crippen LogP contribution is 2.31. The van der Waals surface area contributed by atoms with Crippen molar-refractivity contribution in [3.8, 4) is 5.75 Å². The van der Waals surface area contributed by atoms with Crippen LogP contribution in [-0.2, 0) is 4.74 Å². The maximum atomic E-state index is 11.7. The molecule has 0 aromatic heterocycles. The van der Waals surface area contributed by atoms with E-state index in [0.717, 1.165) is 19.5 Å². The Balaban J connectivity index is 2.26. The Hall–Kier alpha value is -1.66. The first-order valence-corrected chi connectivity index (χ1v) is 7.34. The van der Waals surface area contributed by atoms with Gasteiger partial charge in [0.25, 0.3) is 0 Å². The number of methoxy groups -OCH3 is 1. The van der Waals surface area contributed by atoms with Gasteiger partial charge in [0.1, 0.15) is 12.4 Å². The van der Waals surface area contributed by atoms with Crippen molar-refractivity contribution in [1.29, 1.82) is 0 Å². The van der Waals surface area contributed by atoms with Crippen LogP contribution in [0.3, 0.4) is 0 Å². The molecule has 112 valence electrons. The van der Waals surface area contributed by atoms with E-state index < -0.39 is 5.97 Å². The minimum Gasteiger partial charge on any atom is -0.487 e. The van der Waals surface area contributed by atoms with Crippen molar-refractivity contribution in [2.75, 3.05) is 26.8 Å². The molecule has 0 fully saturated rings. The van der Waals surface area contributed by atoms with Gasteiger partial charge in [0.05, 0.1) is 22.7 Å². The number of carbonyl (C=O) groups is 2. The van der Waals surface area contributed by atoms with E-state index >= 15 is 0 Å². The molecule has 6 heteroatoms. The topological polar surface area (TPSA) is 64.6 Å². The molecule has 1 heterocycles. The number of rotatable bonds is 5. The molecular weight excluding hydrogens is 338 g/mol. The van der Waals surface area contributed by atoms with Crippen LogP contribution >= 0.6 is 15.9 Å². The Bertz CT molecular complexity index is 583. The minimum atomic E-state index is -0.560. The highest BCUT2D eigenvalue weighted by Gasteiger charge is 2.19. The van der Waals surface area contributed by atoms with Gasteiger partial charge in [-0.05, 0) is 46.6 Å². The largest absolute Gasteiger partial charge is 0.487 e. The smallest absolute Gasteiger partial charge is 0.338 e. The van der Waals surface area contributed by atoms with Gasteiger partial charge in [0, 0.05) is 6.54 Å². The van der Waals surface area contributed by atoms with Crippen molar-refractivity contribution in [3.05, 3.63) is 39.4 Å². The fraction of sp³-hybridized carbons (Fsp3) is 0.333. The van der Waals surface area contributed by atoms with Crippen LogP contribution in [0.1, 0.15) is 27.1 Å². The minimum absolute atomic E-state index is 0.199. The lowest BCUT2D eigenvalue weighted by molar-refractivity contribution is 0.0597. The molecule has 0 amide bonds. The molecule has 0 saturated carbocycles. The fourth-order valence-corrected chi connectivity index (χ4v) is 2.55. The lowest BCUT2D eigenvalue weighted by atomic mass is 10.1. The number of hydrogen-bond donors (Lipinski definition) is 1. The Morgan fingerprint density at radius 2 is 2.29 bits per heavy atom. The van der Waals surface area contributed by atoms with Crippen molar-refractivity contribution >= 4 is 28.2 Å². The summed E-state index contributed by atoms with van der Waals surface area (Å²) in [6.07, 6.45) is 3.59. The Morgan fingerprint density at radius 3 is 2.90 bits per heavy atom. The van der Waals surface area contributed by atoms with Gasteiger partial charge in [-0.25, -0.2) is 4.79 Å². The number of nitrogens with one attached hydrogen (secondary N) is 1.